The second kappa shape index (κ2) is 5.32. The average molecular weight is 280 g/mol. The number of rotatable bonds is 3. The number of piperazine rings is 1. The lowest BCUT2D eigenvalue weighted by atomic mass is 10.2. The summed E-state index contributed by atoms with van der Waals surface area (Å²) in [6.07, 6.45) is 0.814. The molecule has 1 N–H and O–H groups in total. The SMILES string of the molecule is CCc1nnsc1-c1nc(C2CNCCN2C)no1. The Morgan fingerprint density at radius 1 is 1.53 bits per heavy atom. The molecule has 19 heavy (non-hydrogen) atoms. The Morgan fingerprint density at radius 2 is 2.42 bits per heavy atom. The van der Waals surface area contributed by atoms with Crippen LogP contribution in [0.15, 0.2) is 4.52 Å². The fourth-order valence-electron chi connectivity index (χ4n) is 2.16. The first-order valence-corrected chi connectivity index (χ1v) is 7.13. The van der Waals surface area contributed by atoms with Crippen LogP contribution < -0.4 is 5.32 Å². The van der Waals surface area contributed by atoms with Crippen molar-refractivity contribution < 1.29 is 4.52 Å². The number of nitrogens with zero attached hydrogens (tertiary/aromatic N) is 5. The molecule has 1 aliphatic rings. The molecule has 1 aliphatic heterocycles. The van der Waals surface area contributed by atoms with Gasteiger partial charge >= 0.3 is 0 Å². The second-order valence-electron chi connectivity index (χ2n) is 4.56. The summed E-state index contributed by atoms with van der Waals surface area (Å²) in [5.74, 6) is 1.25. The lowest BCUT2D eigenvalue weighted by Gasteiger charge is -2.30. The molecule has 8 heteroatoms. The van der Waals surface area contributed by atoms with Gasteiger partial charge in [-0.3, -0.25) is 4.90 Å². The summed E-state index contributed by atoms with van der Waals surface area (Å²) < 4.78 is 9.32. The first-order chi connectivity index (χ1) is 9.29. The molecule has 1 saturated heterocycles. The van der Waals surface area contributed by atoms with Crippen molar-refractivity contribution in [3.8, 4) is 10.8 Å². The van der Waals surface area contributed by atoms with Gasteiger partial charge in [0, 0.05) is 19.6 Å². The third-order valence-electron chi connectivity index (χ3n) is 3.34. The van der Waals surface area contributed by atoms with Gasteiger partial charge in [0.25, 0.3) is 5.89 Å². The first kappa shape index (κ1) is 12.6. The summed E-state index contributed by atoms with van der Waals surface area (Å²) in [5.41, 5.74) is 0.912. The lowest BCUT2D eigenvalue weighted by molar-refractivity contribution is 0.190. The molecule has 1 atom stereocenters. The minimum absolute atomic E-state index is 0.164. The van der Waals surface area contributed by atoms with Gasteiger partial charge in [0.1, 0.15) is 4.88 Å². The molecule has 102 valence electrons. The highest BCUT2D eigenvalue weighted by molar-refractivity contribution is 7.09. The van der Waals surface area contributed by atoms with Crippen molar-refractivity contribution in [2.24, 2.45) is 0 Å². The first-order valence-electron chi connectivity index (χ1n) is 6.35. The van der Waals surface area contributed by atoms with E-state index in [2.05, 4.69) is 37.0 Å². The zero-order valence-corrected chi connectivity index (χ0v) is 11.8. The van der Waals surface area contributed by atoms with Crippen LogP contribution in [0.25, 0.3) is 10.8 Å². The molecule has 0 aliphatic carbocycles. The molecule has 0 aromatic carbocycles. The maximum Gasteiger partial charge on any atom is 0.271 e. The third kappa shape index (κ3) is 2.38. The monoisotopic (exact) mass is 280 g/mol. The van der Waals surface area contributed by atoms with Crippen LogP contribution in [0.1, 0.15) is 24.5 Å². The minimum atomic E-state index is 0.164. The van der Waals surface area contributed by atoms with Gasteiger partial charge in [0.15, 0.2) is 5.82 Å². The van der Waals surface area contributed by atoms with Crippen molar-refractivity contribution in [1.29, 1.82) is 0 Å². The van der Waals surface area contributed by atoms with Gasteiger partial charge in [-0.15, -0.1) is 5.10 Å². The topological polar surface area (TPSA) is 80.0 Å². The van der Waals surface area contributed by atoms with E-state index in [0.717, 1.165) is 42.5 Å². The van der Waals surface area contributed by atoms with Gasteiger partial charge in [-0.05, 0) is 25.0 Å². The van der Waals surface area contributed by atoms with Crippen LogP contribution in [0.3, 0.4) is 0 Å². The highest BCUT2D eigenvalue weighted by Gasteiger charge is 2.26. The molecular formula is C11H16N6OS. The van der Waals surface area contributed by atoms with Crippen molar-refractivity contribution in [3.63, 3.8) is 0 Å². The number of hydrogen-bond donors (Lipinski definition) is 1. The van der Waals surface area contributed by atoms with Crippen LogP contribution in [0.4, 0.5) is 0 Å². The quantitative estimate of drug-likeness (QED) is 0.887. The normalized spacial score (nSPS) is 20.8. The van der Waals surface area contributed by atoms with E-state index >= 15 is 0 Å². The summed E-state index contributed by atoms with van der Waals surface area (Å²) in [6.45, 7) is 4.86. The summed E-state index contributed by atoms with van der Waals surface area (Å²) >= 11 is 1.30. The van der Waals surface area contributed by atoms with Gasteiger partial charge in [-0.2, -0.15) is 4.98 Å². The van der Waals surface area contributed by atoms with E-state index in [1.165, 1.54) is 11.5 Å². The Labute approximate surface area is 115 Å². The van der Waals surface area contributed by atoms with Gasteiger partial charge in [-0.1, -0.05) is 16.6 Å². The van der Waals surface area contributed by atoms with Crippen molar-refractivity contribution >= 4 is 11.5 Å². The summed E-state index contributed by atoms with van der Waals surface area (Å²) in [6, 6.07) is 0.164. The van der Waals surface area contributed by atoms with E-state index in [4.69, 9.17) is 4.52 Å². The number of aromatic nitrogens is 4. The van der Waals surface area contributed by atoms with E-state index in [0.29, 0.717) is 5.89 Å². The van der Waals surface area contributed by atoms with Crippen LogP contribution in [0.5, 0.6) is 0 Å². The maximum absolute atomic E-state index is 5.37. The second-order valence-corrected chi connectivity index (χ2v) is 5.31. The largest absolute Gasteiger partial charge is 0.333 e. The molecule has 7 nitrogen and oxygen atoms in total. The van der Waals surface area contributed by atoms with Crippen LogP contribution in [-0.2, 0) is 6.42 Å². The van der Waals surface area contributed by atoms with Gasteiger partial charge < -0.3 is 9.84 Å². The summed E-state index contributed by atoms with van der Waals surface area (Å²) in [7, 11) is 2.08. The number of aryl methyl sites for hydroxylation is 1. The van der Waals surface area contributed by atoms with E-state index in [1.807, 2.05) is 6.92 Å². The smallest absolute Gasteiger partial charge is 0.271 e. The maximum atomic E-state index is 5.37. The molecule has 1 fully saturated rings. The molecular weight excluding hydrogens is 264 g/mol. The van der Waals surface area contributed by atoms with Crippen LogP contribution in [0.2, 0.25) is 0 Å². The summed E-state index contributed by atoms with van der Waals surface area (Å²) in [5, 5.41) is 11.5. The van der Waals surface area contributed by atoms with Crippen molar-refractivity contribution in [3.05, 3.63) is 11.5 Å². The van der Waals surface area contributed by atoms with Gasteiger partial charge in [0.05, 0.1) is 11.7 Å². The number of likely N-dealkylation sites (N-methyl/N-ethyl adjacent to an activating group) is 1. The fourth-order valence-corrected chi connectivity index (χ4v) is 2.83. The highest BCUT2D eigenvalue weighted by Crippen LogP contribution is 2.27. The Morgan fingerprint density at radius 3 is 3.21 bits per heavy atom. The van der Waals surface area contributed by atoms with E-state index < -0.39 is 0 Å². The van der Waals surface area contributed by atoms with E-state index in [-0.39, 0.29) is 6.04 Å². The Hall–Kier alpha value is -1.38. The van der Waals surface area contributed by atoms with Crippen molar-refractivity contribution in [2.75, 3.05) is 26.7 Å². The van der Waals surface area contributed by atoms with Crippen LogP contribution in [0, 0.1) is 0 Å². The van der Waals surface area contributed by atoms with Gasteiger partial charge in [0.2, 0.25) is 0 Å². The Bertz CT molecular complexity index is 553. The Kier molecular flexibility index (Phi) is 3.54. The zero-order chi connectivity index (χ0) is 13.2. The molecule has 3 heterocycles. The molecule has 2 aromatic heterocycles. The van der Waals surface area contributed by atoms with Gasteiger partial charge in [-0.25, -0.2) is 0 Å². The lowest BCUT2D eigenvalue weighted by Crippen LogP contribution is -2.44. The molecule has 2 aromatic rings. The zero-order valence-electron chi connectivity index (χ0n) is 11.0. The Balaban J connectivity index is 1.87. The van der Waals surface area contributed by atoms with Crippen molar-refractivity contribution in [2.45, 2.75) is 19.4 Å². The molecule has 3 rings (SSSR count). The van der Waals surface area contributed by atoms with E-state index in [1.54, 1.807) is 0 Å². The molecule has 0 amide bonds. The summed E-state index contributed by atoms with van der Waals surface area (Å²) in [4.78, 5) is 7.62. The molecule has 1 unspecified atom stereocenters. The van der Waals surface area contributed by atoms with Crippen LogP contribution in [-0.4, -0.2) is 51.3 Å². The molecule has 0 bridgehead atoms. The number of hydrogen-bond acceptors (Lipinski definition) is 8. The highest BCUT2D eigenvalue weighted by atomic mass is 32.1. The third-order valence-corrected chi connectivity index (χ3v) is 4.09. The van der Waals surface area contributed by atoms with Crippen LogP contribution >= 0.6 is 11.5 Å². The number of nitrogens with one attached hydrogen (secondary N) is 1. The molecule has 0 radical (unpaired) electrons. The standard InChI is InChI=1S/C11H16N6OS/c1-3-7-9(19-16-14-7)11-13-10(15-18-11)8-6-12-4-5-17(8)2/h8,12H,3-6H2,1-2H3. The molecule has 0 saturated carbocycles. The minimum Gasteiger partial charge on any atom is -0.333 e. The van der Waals surface area contributed by atoms with E-state index in [9.17, 15) is 0 Å². The van der Waals surface area contributed by atoms with Crippen molar-refractivity contribution in [1.82, 2.24) is 29.9 Å². The average Bonchev–Trinajstić information content (AvgIpc) is 3.07. The molecule has 0 spiro atoms. The fraction of sp³-hybridized carbons (Fsp3) is 0.636. The predicted octanol–water partition coefficient (Wildman–Crippen LogP) is 0.727. The predicted molar refractivity (Wildman–Crippen MR) is 70.8 cm³/mol.